The number of imidazole rings is 1. The molecule has 1 saturated carbocycles. The zero-order valence-electron chi connectivity index (χ0n) is 9.19. The predicted molar refractivity (Wildman–Crippen MR) is 64.1 cm³/mol. The summed E-state index contributed by atoms with van der Waals surface area (Å²) in [5.74, 6) is 0. The Balaban J connectivity index is 1.79. The van der Waals surface area contributed by atoms with Crippen molar-refractivity contribution in [3.63, 3.8) is 0 Å². The molecule has 4 nitrogen and oxygen atoms in total. The van der Waals surface area contributed by atoms with Gasteiger partial charge >= 0.3 is 0 Å². The zero-order valence-corrected chi connectivity index (χ0v) is 9.19. The molecule has 2 aromatic heterocycles. The summed E-state index contributed by atoms with van der Waals surface area (Å²) in [5, 5.41) is 3.50. The van der Waals surface area contributed by atoms with Crippen molar-refractivity contribution in [1.29, 1.82) is 0 Å². The van der Waals surface area contributed by atoms with E-state index in [0.29, 0.717) is 6.04 Å². The minimum atomic E-state index is 0.696. The number of anilines is 1. The molecule has 2 heterocycles. The van der Waals surface area contributed by atoms with Gasteiger partial charge in [0.15, 0.2) is 5.65 Å². The average Bonchev–Trinajstić information content (AvgIpc) is 2.60. The van der Waals surface area contributed by atoms with E-state index in [1.165, 1.54) is 19.3 Å². The third-order valence-corrected chi connectivity index (χ3v) is 3.24. The van der Waals surface area contributed by atoms with Crippen LogP contribution in [0, 0.1) is 0 Å². The highest BCUT2D eigenvalue weighted by molar-refractivity contribution is 5.64. The van der Waals surface area contributed by atoms with Crippen molar-refractivity contribution in [3.05, 3.63) is 30.2 Å². The lowest BCUT2D eigenvalue weighted by atomic mass is 9.93. The first-order valence-corrected chi connectivity index (χ1v) is 5.78. The molecule has 0 atom stereocenters. The van der Waals surface area contributed by atoms with Crippen LogP contribution in [-0.4, -0.2) is 15.4 Å². The molecule has 16 heavy (non-hydrogen) atoms. The fourth-order valence-electron chi connectivity index (χ4n) is 2.03. The molecular weight excluding hydrogens is 200 g/mol. The molecule has 0 aromatic carbocycles. The van der Waals surface area contributed by atoms with E-state index >= 15 is 0 Å². The Morgan fingerprint density at radius 1 is 1.50 bits per heavy atom. The maximum Gasteiger partial charge on any atom is 0.160 e. The van der Waals surface area contributed by atoms with Crippen LogP contribution in [0.4, 0.5) is 5.69 Å². The molecule has 1 aliphatic carbocycles. The summed E-state index contributed by atoms with van der Waals surface area (Å²) in [6.07, 6.45) is 7.98. The second-order valence-electron chi connectivity index (χ2n) is 4.44. The number of rotatable bonds is 3. The van der Waals surface area contributed by atoms with Gasteiger partial charge in [0, 0.05) is 25.0 Å². The van der Waals surface area contributed by atoms with E-state index in [0.717, 1.165) is 23.6 Å². The van der Waals surface area contributed by atoms with Gasteiger partial charge in [-0.1, -0.05) is 6.42 Å². The van der Waals surface area contributed by atoms with E-state index in [2.05, 4.69) is 10.3 Å². The molecule has 0 aliphatic heterocycles. The van der Waals surface area contributed by atoms with Crippen molar-refractivity contribution < 1.29 is 0 Å². The van der Waals surface area contributed by atoms with Gasteiger partial charge in [-0.05, 0) is 25.0 Å². The lowest BCUT2D eigenvalue weighted by Gasteiger charge is -2.26. The lowest BCUT2D eigenvalue weighted by molar-refractivity contribution is 0.337. The molecule has 0 unspecified atom stereocenters. The van der Waals surface area contributed by atoms with Gasteiger partial charge in [-0.25, -0.2) is 4.98 Å². The number of nitrogen functional groups attached to an aromatic ring is 1. The van der Waals surface area contributed by atoms with Crippen LogP contribution in [0.25, 0.3) is 5.65 Å². The Labute approximate surface area is 94.5 Å². The third-order valence-electron chi connectivity index (χ3n) is 3.24. The van der Waals surface area contributed by atoms with Crippen molar-refractivity contribution >= 4 is 11.3 Å². The molecule has 0 radical (unpaired) electrons. The van der Waals surface area contributed by atoms with E-state index < -0.39 is 0 Å². The monoisotopic (exact) mass is 216 g/mol. The molecule has 4 heteroatoms. The van der Waals surface area contributed by atoms with Gasteiger partial charge in [0.25, 0.3) is 0 Å². The summed E-state index contributed by atoms with van der Waals surface area (Å²) < 4.78 is 1.98. The van der Waals surface area contributed by atoms with Crippen molar-refractivity contribution in [3.8, 4) is 0 Å². The highest BCUT2D eigenvalue weighted by atomic mass is 15.0. The number of aromatic nitrogens is 2. The highest BCUT2D eigenvalue weighted by Gasteiger charge is 2.16. The lowest BCUT2D eigenvalue weighted by Crippen LogP contribution is -2.34. The number of pyridine rings is 1. The minimum absolute atomic E-state index is 0.696. The fraction of sp³-hybridized carbons (Fsp3) is 0.417. The second kappa shape index (κ2) is 3.79. The largest absolute Gasteiger partial charge is 0.396 e. The molecule has 0 spiro atoms. The van der Waals surface area contributed by atoms with Crippen LogP contribution in [0.3, 0.4) is 0 Å². The molecule has 0 amide bonds. The molecule has 1 fully saturated rings. The number of fused-ring (bicyclic) bond motifs is 1. The van der Waals surface area contributed by atoms with E-state index in [1.54, 1.807) is 0 Å². The number of hydrogen-bond acceptors (Lipinski definition) is 3. The maximum atomic E-state index is 5.86. The Bertz CT molecular complexity index is 499. The van der Waals surface area contributed by atoms with E-state index in [-0.39, 0.29) is 0 Å². The smallest absolute Gasteiger partial charge is 0.160 e. The molecule has 1 aliphatic rings. The molecule has 2 aromatic rings. The molecule has 0 bridgehead atoms. The van der Waals surface area contributed by atoms with Gasteiger partial charge in [-0.3, -0.25) is 0 Å². The maximum absolute atomic E-state index is 5.86. The number of nitrogens with two attached hydrogens (primary N) is 1. The first-order chi connectivity index (χ1) is 7.83. The zero-order chi connectivity index (χ0) is 11.0. The molecule has 0 saturated heterocycles. The molecule has 84 valence electrons. The van der Waals surface area contributed by atoms with E-state index in [9.17, 15) is 0 Å². The topological polar surface area (TPSA) is 55.4 Å². The summed E-state index contributed by atoms with van der Waals surface area (Å²) >= 11 is 0. The number of hydrogen-bond donors (Lipinski definition) is 2. The van der Waals surface area contributed by atoms with Crippen molar-refractivity contribution in [2.75, 3.05) is 5.73 Å². The van der Waals surface area contributed by atoms with Crippen LogP contribution in [0.1, 0.15) is 25.0 Å². The van der Waals surface area contributed by atoms with Crippen LogP contribution in [0.5, 0.6) is 0 Å². The van der Waals surface area contributed by atoms with Gasteiger partial charge in [-0.15, -0.1) is 0 Å². The van der Waals surface area contributed by atoms with Crippen LogP contribution < -0.4 is 11.1 Å². The first-order valence-electron chi connectivity index (χ1n) is 5.78. The second-order valence-corrected chi connectivity index (χ2v) is 4.44. The Morgan fingerprint density at radius 3 is 3.06 bits per heavy atom. The van der Waals surface area contributed by atoms with Gasteiger partial charge in [0.05, 0.1) is 11.4 Å². The van der Waals surface area contributed by atoms with Gasteiger partial charge in [-0.2, -0.15) is 0 Å². The third kappa shape index (κ3) is 1.65. The average molecular weight is 216 g/mol. The quantitative estimate of drug-likeness (QED) is 0.818. The predicted octanol–water partition coefficient (Wildman–Crippen LogP) is 1.56. The molecular formula is C12H16N4. The van der Waals surface area contributed by atoms with Crippen LogP contribution >= 0.6 is 0 Å². The summed E-state index contributed by atoms with van der Waals surface area (Å²) in [5.41, 5.74) is 8.51. The number of nitrogens with one attached hydrogen (secondary N) is 1. The van der Waals surface area contributed by atoms with Crippen molar-refractivity contribution in [1.82, 2.24) is 14.7 Å². The van der Waals surface area contributed by atoms with Gasteiger partial charge in [0.2, 0.25) is 0 Å². The van der Waals surface area contributed by atoms with Gasteiger partial charge in [0.1, 0.15) is 0 Å². The first kappa shape index (κ1) is 9.66. The van der Waals surface area contributed by atoms with Crippen molar-refractivity contribution in [2.45, 2.75) is 31.8 Å². The normalized spacial score (nSPS) is 16.5. The Kier molecular flexibility index (Phi) is 2.29. The van der Waals surface area contributed by atoms with Crippen LogP contribution in [0.15, 0.2) is 24.5 Å². The SMILES string of the molecule is Nc1cccn2cc(CNC3CCC3)nc12. The summed E-state index contributed by atoms with van der Waals surface area (Å²) in [4.78, 5) is 4.52. The van der Waals surface area contributed by atoms with Crippen LogP contribution in [-0.2, 0) is 6.54 Å². The Hall–Kier alpha value is -1.55. The standard InChI is InChI=1S/C12H16N4/c13-11-5-2-6-16-8-10(15-12(11)16)7-14-9-3-1-4-9/h2,5-6,8-9,14H,1,3-4,7,13H2. The summed E-state index contributed by atoms with van der Waals surface area (Å²) in [7, 11) is 0. The molecule has 3 rings (SSSR count). The highest BCUT2D eigenvalue weighted by Crippen LogP contribution is 2.19. The fourth-order valence-corrected chi connectivity index (χ4v) is 2.03. The summed E-state index contributed by atoms with van der Waals surface area (Å²) in [6.45, 7) is 0.839. The van der Waals surface area contributed by atoms with Gasteiger partial charge < -0.3 is 15.5 Å². The molecule has 3 N–H and O–H groups in total. The minimum Gasteiger partial charge on any atom is -0.396 e. The summed E-state index contributed by atoms with van der Waals surface area (Å²) in [6, 6.07) is 4.51. The van der Waals surface area contributed by atoms with E-state index in [1.807, 2.05) is 28.9 Å². The van der Waals surface area contributed by atoms with E-state index in [4.69, 9.17) is 5.73 Å². The van der Waals surface area contributed by atoms with Crippen molar-refractivity contribution in [2.24, 2.45) is 0 Å². The Morgan fingerprint density at radius 2 is 2.38 bits per heavy atom. The number of nitrogens with zero attached hydrogens (tertiary/aromatic N) is 2. The van der Waals surface area contributed by atoms with Crippen LogP contribution in [0.2, 0.25) is 0 Å².